The highest BCUT2D eigenvalue weighted by molar-refractivity contribution is 5.70. The predicted molar refractivity (Wildman–Crippen MR) is 135 cm³/mol. The first-order valence-corrected chi connectivity index (χ1v) is 11.7. The molecule has 0 bridgehead atoms. The second kappa shape index (κ2) is 9.81. The molecule has 2 atom stereocenters. The highest BCUT2D eigenvalue weighted by Crippen LogP contribution is 2.42. The van der Waals surface area contributed by atoms with Crippen LogP contribution in [0.3, 0.4) is 0 Å². The smallest absolute Gasteiger partial charge is 0.411 e. The molecular weight excluding hydrogens is 440 g/mol. The average Bonchev–Trinajstić information content (AvgIpc) is 2.82. The van der Waals surface area contributed by atoms with Crippen LogP contribution in [-0.4, -0.2) is 33.2 Å². The van der Waals surface area contributed by atoms with Gasteiger partial charge in [0.2, 0.25) is 5.56 Å². The first-order chi connectivity index (χ1) is 16.7. The van der Waals surface area contributed by atoms with E-state index in [2.05, 4.69) is 16.8 Å². The van der Waals surface area contributed by atoms with Crippen molar-refractivity contribution in [3.63, 3.8) is 0 Å². The zero-order valence-corrected chi connectivity index (χ0v) is 20.2. The number of aliphatic hydroxyl groups is 1. The molecular formula is C29H30N2O4. The molecule has 2 aromatic carbocycles. The van der Waals surface area contributed by atoms with Gasteiger partial charge in [0, 0.05) is 42.8 Å². The molecule has 0 saturated carbocycles. The Morgan fingerprint density at radius 1 is 1.06 bits per heavy atom. The van der Waals surface area contributed by atoms with E-state index < -0.39 is 17.3 Å². The Labute approximate surface area is 205 Å². The van der Waals surface area contributed by atoms with Crippen LogP contribution in [0.25, 0.3) is 0 Å². The van der Waals surface area contributed by atoms with Crippen LogP contribution in [0, 0.1) is 11.8 Å². The lowest BCUT2D eigenvalue weighted by atomic mass is 9.80. The van der Waals surface area contributed by atoms with Gasteiger partial charge in [0.25, 0.3) is 0 Å². The fraction of sp³-hybridized carbons (Fsp3) is 0.310. The molecule has 2 N–H and O–H groups in total. The SMILES string of the molecule is C[C@@H](c1ccc(C#Cc2cc[nH]c(=O)c2)cc1)N1CC[C@](CC(C)(C)O)(c2ccccc2)OC1=O. The van der Waals surface area contributed by atoms with Gasteiger partial charge in [0.05, 0.1) is 11.6 Å². The average molecular weight is 471 g/mol. The lowest BCUT2D eigenvalue weighted by Crippen LogP contribution is -2.51. The fourth-order valence-electron chi connectivity index (χ4n) is 4.58. The largest absolute Gasteiger partial charge is 0.438 e. The summed E-state index contributed by atoms with van der Waals surface area (Å²) < 4.78 is 6.09. The maximum atomic E-state index is 13.2. The Balaban J connectivity index is 1.50. The van der Waals surface area contributed by atoms with Gasteiger partial charge < -0.3 is 19.7 Å². The maximum absolute atomic E-state index is 13.2. The first kappa shape index (κ1) is 24.3. The van der Waals surface area contributed by atoms with Crippen LogP contribution in [0.1, 0.15) is 61.9 Å². The summed E-state index contributed by atoms with van der Waals surface area (Å²) in [7, 11) is 0. The van der Waals surface area contributed by atoms with Gasteiger partial charge in [-0.3, -0.25) is 4.79 Å². The van der Waals surface area contributed by atoms with Gasteiger partial charge in [-0.15, -0.1) is 0 Å². The van der Waals surface area contributed by atoms with E-state index in [4.69, 9.17) is 4.74 Å². The standard InChI is InChI=1S/C29H30N2O4/c1-21(24-13-11-22(12-14-24)9-10-23-15-17-30-26(32)19-23)31-18-16-29(35-27(31)33,20-28(2,3)34)25-7-5-4-6-8-25/h4-8,11-15,17,19,21,34H,16,18,20H2,1-3H3,(H,30,32)/t21-,29-/m0/s1. The van der Waals surface area contributed by atoms with E-state index in [0.29, 0.717) is 24.9 Å². The van der Waals surface area contributed by atoms with E-state index >= 15 is 0 Å². The summed E-state index contributed by atoms with van der Waals surface area (Å²) in [5, 5.41) is 10.6. The van der Waals surface area contributed by atoms with E-state index in [9.17, 15) is 14.7 Å². The van der Waals surface area contributed by atoms with E-state index in [1.165, 1.54) is 6.07 Å². The van der Waals surface area contributed by atoms with Crippen molar-refractivity contribution in [1.29, 1.82) is 0 Å². The van der Waals surface area contributed by atoms with E-state index in [-0.39, 0.29) is 11.6 Å². The Morgan fingerprint density at radius 2 is 1.74 bits per heavy atom. The van der Waals surface area contributed by atoms with Crippen molar-refractivity contribution < 1.29 is 14.6 Å². The summed E-state index contributed by atoms with van der Waals surface area (Å²) >= 11 is 0. The van der Waals surface area contributed by atoms with E-state index in [0.717, 1.165) is 16.7 Å². The third-order valence-electron chi connectivity index (χ3n) is 6.28. The summed E-state index contributed by atoms with van der Waals surface area (Å²) in [5.74, 6) is 6.05. The highest BCUT2D eigenvalue weighted by atomic mass is 16.6. The number of hydrogen-bond acceptors (Lipinski definition) is 4. The number of nitrogens with one attached hydrogen (secondary N) is 1. The van der Waals surface area contributed by atoms with Crippen molar-refractivity contribution >= 4 is 6.09 Å². The molecule has 0 spiro atoms. The Hall–Kier alpha value is -3.82. The van der Waals surface area contributed by atoms with Crippen molar-refractivity contribution in [3.8, 4) is 11.8 Å². The maximum Gasteiger partial charge on any atom is 0.411 e. The molecule has 180 valence electrons. The number of aromatic amines is 1. The normalized spacial score (nSPS) is 18.9. The molecule has 0 radical (unpaired) electrons. The van der Waals surface area contributed by atoms with Gasteiger partial charge >= 0.3 is 6.09 Å². The number of rotatable bonds is 5. The van der Waals surface area contributed by atoms with Crippen LogP contribution >= 0.6 is 0 Å². The molecule has 0 unspecified atom stereocenters. The minimum Gasteiger partial charge on any atom is -0.438 e. The van der Waals surface area contributed by atoms with E-state index in [1.54, 1.807) is 31.0 Å². The topological polar surface area (TPSA) is 82.6 Å². The molecule has 1 fully saturated rings. The number of amides is 1. The number of H-pyrrole nitrogens is 1. The number of hydrogen-bond donors (Lipinski definition) is 2. The van der Waals surface area contributed by atoms with Crippen LogP contribution in [0.4, 0.5) is 4.79 Å². The molecule has 2 heterocycles. The summed E-state index contributed by atoms with van der Waals surface area (Å²) in [6.07, 6.45) is 2.08. The molecule has 1 aliphatic rings. The minimum absolute atomic E-state index is 0.187. The summed E-state index contributed by atoms with van der Waals surface area (Å²) in [4.78, 5) is 28.9. The molecule has 6 heteroatoms. The van der Waals surface area contributed by atoms with Gasteiger partial charge in [0.1, 0.15) is 5.60 Å². The molecule has 1 aromatic heterocycles. The number of pyridine rings is 1. The molecule has 1 amide bonds. The van der Waals surface area contributed by atoms with Gasteiger partial charge in [-0.05, 0) is 50.1 Å². The molecule has 3 aromatic rings. The molecule has 1 saturated heterocycles. The van der Waals surface area contributed by atoms with Gasteiger partial charge in [-0.2, -0.15) is 0 Å². The monoisotopic (exact) mass is 470 g/mol. The number of cyclic esters (lactones) is 1. The van der Waals surface area contributed by atoms with Crippen LogP contribution in [0.5, 0.6) is 0 Å². The number of carbonyl (C=O) groups excluding carboxylic acids is 1. The van der Waals surface area contributed by atoms with Crippen molar-refractivity contribution in [1.82, 2.24) is 9.88 Å². The van der Waals surface area contributed by atoms with Crippen LogP contribution in [-0.2, 0) is 10.3 Å². The van der Waals surface area contributed by atoms with Crippen molar-refractivity contribution in [3.05, 3.63) is 106 Å². The number of aromatic nitrogens is 1. The fourth-order valence-corrected chi connectivity index (χ4v) is 4.58. The summed E-state index contributed by atoms with van der Waals surface area (Å²) in [6, 6.07) is 20.4. The van der Waals surface area contributed by atoms with Crippen molar-refractivity contribution in [2.75, 3.05) is 6.54 Å². The van der Waals surface area contributed by atoms with Gasteiger partial charge in [-0.1, -0.05) is 54.3 Å². The number of carbonyl (C=O) groups is 1. The second-order valence-corrected chi connectivity index (χ2v) is 9.65. The van der Waals surface area contributed by atoms with Crippen LogP contribution in [0.15, 0.2) is 77.7 Å². The van der Waals surface area contributed by atoms with Crippen molar-refractivity contribution in [2.45, 2.75) is 50.9 Å². The van der Waals surface area contributed by atoms with Crippen LogP contribution < -0.4 is 5.56 Å². The highest BCUT2D eigenvalue weighted by Gasteiger charge is 2.46. The number of benzene rings is 2. The minimum atomic E-state index is -0.992. The first-order valence-electron chi connectivity index (χ1n) is 11.7. The number of nitrogens with zero attached hydrogens (tertiary/aromatic N) is 1. The quantitative estimate of drug-likeness (QED) is 0.528. The zero-order valence-electron chi connectivity index (χ0n) is 20.2. The zero-order chi connectivity index (χ0) is 25.1. The van der Waals surface area contributed by atoms with Gasteiger partial charge in [0.15, 0.2) is 0 Å². The lowest BCUT2D eigenvalue weighted by molar-refractivity contribution is -0.101. The van der Waals surface area contributed by atoms with Crippen molar-refractivity contribution in [2.24, 2.45) is 0 Å². The Morgan fingerprint density at radius 3 is 2.37 bits per heavy atom. The number of ether oxygens (including phenoxy) is 1. The molecule has 1 aliphatic heterocycles. The second-order valence-electron chi connectivity index (χ2n) is 9.65. The molecule has 6 nitrogen and oxygen atoms in total. The summed E-state index contributed by atoms with van der Waals surface area (Å²) in [6.45, 7) is 5.96. The van der Waals surface area contributed by atoms with E-state index in [1.807, 2.05) is 61.5 Å². The molecule has 35 heavy (non-hydrogen) atoms. The summed E-state index contributed by atoms with van der Waals surface area (Å²) in [5.41, 5.74) is 1.28. The Kier molecular flexibility index (Phi) is 6.81. The Bertz CT molecular complexity index is 1300. The molecule has 4 rings (SSSR count). The molecule has 0 aliphatic carbocycles. The van der Waals surface area contributed by atoms with Gasteiger partial charge in [-0.25, -0.2) is 4.79 Å². The van der Waals surface area contributed by atoms with Crippen LogP contribution in [0.2, 0.25) is 0 Å². The third-order valence-corrected chi connectivity index (χ3v) is 6.28. The lowest BCUT2D eigenvalue weighted by Gasteiger charge is -2.45. The predicted octanol–water partition coefficient (Wildman–Crippen LogP) is 4.73. The third kappa shape index (κ3) is 5.82.